The van der Waals surface area contributed by atoms with Crippen LogP contribution in [0.25, 0.3) is 0 Å². The second-order valence-corrected chi connectivity index (χ2v) is 10.5. The van der Waals surface area contributed by atoms with Gasteiger partial charge in [0.15, 0.2) is 5.78 Å². The largest absolute Gasteiger partial charge is 0.497 e. The summed E-state index contributed by atoms with van der Waals surface area (Å²) in [5, 5.41) is 5.95. The minimum Gasteiger partial charge on any atom is -0.497 e. The molecule has 7 nitrogen and oxygen atoms in total. The Kier molecular flexibility index (Phi) is 7.65. The van der Waals surface area contributed by atoms with Gasteiger partial charge < -0.3 is 15.0 Å². The lowest BCUT2D eigenvalue weighted by molar-refractivity contribution is -0.132. The number of benzene rings is 2. The highest BCUT2D eigenvalue weighted by molar-refractivity contribution is 7.09. The number of carbonyl (C=O) groups is 3. The molecule has 37 heavy (non-hydrogen) atoms. The number of ketones is 1. The molecule has 1 atom stereocenters. The number of Topliss-reactive ketones (excluding diaryl/α,β-unsaturated/α-hetero) is 1. The molecule has 2 heterocycles. The van der Waals surface area contributed by atoms with E-state index in [9.17, 15) is 14.4 Å². The molecule has 1 aromatic heterocycles. The molecule has 0 bridgehead atoms. The highest BCUT2D eigenvalue weighted by Gasteiger charge is 2.28. The van der Waals surface area contributed by atoms with Gasteiger partial charge in [-0.25, -0.2) is 4.98 Å². The molecule has 2 aliphatic rings. The third kappa shape index (κ3) is 5.74. The van der Waals surface area contributed by atoms with Gasteiger partial charge in [-0.15, -0.1) is 11.3 Å². The summed E-state index contributed by atoms with van der Waals surface area (Å²) in [5.74, 6) is 0.780. The molecule has 1 unspecified atom stereocenters. The van der Waals surface area contributed by atoms with Gasteiger partial charge in [-0.05, 0) is 61.1 Å². The third-order valence-electron chi connectivity index (χ3n) is 7.37. The minimum absolute atomic E-state index is 0.0105. The quantitative estimate of drug-likeness (QED) is 0.428. The van der Waals surface area contributed by atoms with Crippen LogP contribution in [0, 0.1) is 0 Å². The Morgan fingerprint density at radius 1 is 1.03 bits per heavy atom. The highest BCUT2D eigenvalue weighted by atomic mass is 32.1. The van der Waals surface area contributed by atoms with Gasteiger partial charge in [0.2, 0.25) is 5.91 Å². The van der Waals surface area contributed by atoms with Crippen LogP contribution in [0.15, 0.2) is 53.9 Å². The third-order valence-corrected chi connectivity index (χ3v) is 8.37. The van der Waals surface area contributed by atoms with Crippen molar-refractivity contribution in [2.24, 2.45) is 0 Å². The van der Waals surface area contributed by atoms with E-state index in [4.69, 9.17) is 4.74 Å². The fourth-order valence-corrected chi connectivity index (χ4v) is 6.17. The van der Waals surface area contributed by atoms with Crippen molar-refractivity contribution in [1.29, 1.82) is 0 Å². The Bertz CT molecular complexity index is 1280. The van der Waals surface area contributed by atoms with E-state index in [0.717, 1.165) is 30.7 Å². The number of piperidine rings is 1. The fourth-order valence-electron chi connectivity index (χ4n) is 5.19. The van der Waals surface area contributed by atoms with E-state index in [1.165, 1.54) is 22.5 Å². The maximum absolute atomic E-state index is 12.9. The van der Waals surface area contributed by atoms with Crippen LogP contribution in [0.2, 0.25) is 0 Å². The Morgan fingerprint density at radius 2 is 1.78 bits per heavy atom. The van der Waals surface area contributed by atoms with Gasteiger partial charge in [0.1, 0.15) is 11.4 Å². The second kappa shape index (κ2) is 11.3. The number of nitrogens with one attached hydrogen (secondary N) is 1. The molecule has 192 valence electrons. The van der Waals surface area contributed by atoms with Crippen LogP contribution in [0.5, 0.6) is 5.75 Å². The van der Waals surface area contributed by atoms with Crippen molar-refractivity contribution in [3.63, 3.8) is 0 Å². The van der Waals surface area contributed by atoms with Crippen LogP contribution in [-0.2, 0) is 11.2 Å². The molecule has 2 aromatic carbocycles. The summed E-state index contributed by atoms with van der Waals surface area (Å²) in [5.41, 5.74) is 3.57. The van der Waals surface area contributed by atoms with Crippen LogP contribution in [0.1, 0.15) is 81.0 Å². The lowest BCUT2D eigenvalue weighted by Crippen LogP contribution is -2.38. The summed E-state index contributed by atoms with van der Waals surface area (Å²) < 4.78 is 5.12. The first kappa shape index (κ1) is 25.1. The minimum atomic E-state index is -0.127. The lowest BCUT2D eigenvalue weighted by Gasteiger charge is -2.31. The number of likely N-dealkylation sites (tertiary alicyclic amines) is 1. The second-order valence-electron chi connectivity index (χ2n) is 9.64. The average molecular weight is 518 g/mol. The zero-order valence-corrected chi connectivity index (χ0v) is 21.8. The number of rotatable bonds is 8. The predicted octanol–water partition coefficient (Wildman–Crippen LogP) is 4.94. The number of aromatic nitrogens is 1. The molecule has 3 aromatic rings. The topological polar surface area (TPSA) is 88.6 Å². The van der Waals surface area contributed by atoms with E-state index in [0.29, 0.717) is 30.1 Å². The normalized spacial score (nSPS) is 17.3. The Hall–Kier alpha value is -3.52. The summed E-state index contributed by atoms with van der Waals surface area (Å²) in [6, 6.07) is 15.3. The van der Waals surface area contributed by atoms with Gasteiger partial charge in [-0.2, -0.15) is 0 Å². The van der Waals surface area contributed by atoms with E-state index in [1.54, 1.807) is 31.4 Å². The molecular formula is C29H31N3O4S. The summed E-state index contributed by atoms with van der Waals surface area (Å²) in [6.45, 7) is 1.28. The van der Waals surface area contributed by atoms with Crippen LogP contribution < -0.4 is 10.1 Å². The molecular weight excluding hydrogens is 486 g/mol. The first-order valence-electron chi connectivity index (χ1n) is 12.8. The smallest absolute Gasteiger partial charge is 0.271 e. The molecule has 1 aliphatic heterocycles. The average Bonchev–Trinajstić information content (AvgIpc) is 3.60. The number of thiazole rings is 1. The van der Waals surface area contributed by atoms with E-state index in [1.807, 2.05) is 22.4 Å². The van der Waals surface area contributed by atoms with Gasteiger partial charge in [0, 0.05) is 42.8 Å². The van der Waals surface area contributed by atoms with Crippen molar-refractivity contribution in [1.82, 2.24) is 15.2 Å². The molecule has 0 saturated carbocycles. The van der Waals surface area contributed by atoms with Crippen molar-refractivity contribution in [2.45, 2.75) is 50.5 Å². The summed E-state index contributed by atoms with van der Waals surface area (Å²) in [6.07, 6.45) is 3.92. The van der Waals surface area contributed by atoms with Crippen LogP contribution >= 0.6 is 11.3 Å². The van der Waals surface area contributed by atoms with E-state index < -0.39 is 0 Å². The SMILES string of the molecule is COc1ccc(C(=O)CCC(=O)N2CCC(c3nc(C(=O)NC4CCc5ccccc54)cs3)CC2)cc1. The van der Waals surface area contributed by atoms with Crippen LogP contribution in [0.3, 0.4) is 0 Å². The van der Waals surface area contributed by atoms with E-state index in [-0.39, 0.29) is 42.4 Å². The Morgan fingerprint density at radius 3 is 2.54 bits per heavy atom. The fraction of sp³-hybridized carbons (Fsp3) is 0.379. The maximum Gasteiger partial charge on any atom is 0.271 e. The molecule has 1 N–H and O–H groups in total. The van der Waals surface area contributed by atoms with Gasteiger partial charge in [0.25, 0.3) is 5.91 Å². The van der Waals surface area contributed by atoms with Crippen LogP contribution in [0.4, 0.5) is 0 Å². The monoisotopic (exact) mass is 517 g/mol. The molecule has 1 saturated heterocycles. The van der Waals surface area contributed by atoms with Crippen molar-refractivity contribution < 1.29 is 19.1 Å². The number of nitrogens with zero attached hydrogens (tertiary/aromatic N) is 2. The number of methoxy groups -OCH3 is 1. The molecule has 5 rings (SSSR count). The zero-order chi connectivity index (χ0) is 25.8. The number of amides is 2. The first-order valence-corrected chi connectivity index (χ1v) is 13.7. The molecule has 1 fully saturated rings. The molecule has 0 spiro atoms. The van der Waals surface area contributed by atoms with Gasteiger partial charge in [-0.1, -0.05) is 24.3 Å². The standard InChI is InChI=1S/C29H31N3O4S/c1-36-22-9-6-20(7-10-22)26(33)12-13-27(34)32-16-14-21(15-17-32)29-31-25(18-37-29)28(35)30-24-11-8-19-4-2-3-5-23(19)24/h2-7,9-10,18,21,24H,8,11-17H2,1H3,(H,30,35). The van der Waals surface area contributed by atoms with Crippen LogP contribution in [-0.4, -0.2) is 47.7 Å². The molecule has 2 amide bonds. The number of fused-ring (bicyclic) bond motifs is 1. The predicted molar refractivity (Wildman–Crippen MR) is 142 cm³/mol. The number of ether oxygens (including phenoxy) is 1. The number of hydrogen-bond acceptors (Lipinski definition) is 6. The van der Waals surface area contributed by atoms with E-state index >= 15 is 0 Å². The van der Waals surface area contributed by atoms with Crippen molar-refractivity contribution >= 4 is 28.9 Å². The number of hydrogen-bond donors (Lipinski definition) is 1. The number of aryl methyl sites for hydroxylation is 1. The van der Waals surface area contributed by atoms with Crippen molar-refractivity contribution in [3.05, 3.63) is 81.3 Å². The lowest BCUT2D eigenvalue weighted by atomic mass is 9.97. The summed E-state index contributed by atoms with van der Waals surface area (Å²) in [4.78, 5) is 44.5. The Labute approximate surface area is 220 Å². The zero-order valence-electron chi connectivity index (χ0n) is 20.9. The Balaban J connectivity index is 1.09. The summed E-state index contributed by atoms with van der Waals surface area (Å²) >= 11 is 1.52. The van der Waals surface area contributed by atoms with Gasteiger partial charge in [0.05, 0.1) is 18.2 Å². The molecule has 0 radical (unpaired) electrons. The summed E-state index contributed by atoms with van der Waals surface area (Å²) in [7, 11) is 1.58. The highest BCUT2D eigenvalue weighted by Crippen LogP contribution is 2.33. The molecule has 1 aliphatic carbocycles. The molecule has 8 heteroatoms. The van der Waals surface area contributed by atoms with Gasteiger partial charge in [-0.3, -0.25) is 14.4 Å². The maximum atomic E-state index is 12.9. The first-order chi connectivity index (χ1) is 18.0. The number of carbonyl (C=O) groups excluding carboxylic acids is 3. The van der Waals surface area contributed by atoms with Gasteiger partial charge >= 0.3 is 0 Å². The van der Waals surface area contributed by atoms with Crippen molar-refractivity contribution in [2.75, 3.05) is 20.2 Å². The van der Waals surface area contributed by atoms with Crippen molar-refractivity contribution in [3.8, 4) is 5.75 Å². The van der Waals surface area contributed by atoms with E-state index in [2.05, 4.69) is 22.4 Å².